The molecule has 19 heavy (non-hydrogen) atoms. The first-order valence-corrected chi connectivity index (χ1v) is 5.83. The molecule has 0 aliphatic heterocycles. The van der Waals surface area contributed by atoms with Gasteiger partial charge in [0.05, 0.1) is 0 Å². The molecule has 2 aromatic carbocycles. The van der Waals surface area contributed by atoms with E-state index in [1.54, 1.807) is 0 Å². The standard InChI is InChI=1S/C16H12NO.W/c1-12-9-13-10-15(7-8-16(13)17-11-12)18-14-5-3-2-4-6-14;/h2-10H,1H3;/q-1;. The van der Waals surface area contributed by atoms with E-state index >= 15 is 0 Å². The van der Waals surface area contributed by atoms with Crippen molar-refractivity contribution in [3.05, 3.63) is 66.4 Å². The first kappa shape index (κ1) is 13.8. The number of para-hydroxylation sites is 1. The Kier molecular flexibility index (Phi) is 4.34. The summed E-state index contributed by atoms with van der Waals surface area (Å²) in [6, 6.07) is 17.7. The Morgan fingerprint density at radius 2 is 1.74 bits per heavy atom. The number of pyridine rings is 1. The minimum atomic E-state index is 0. The number of rotatable bonds is 2. The van der Waals surface area contributed by atoms with Crippen LogP contribution in [0.15, 0.2) is 54.6 Å². The van der Waals surface area contributed by atoms with Crippen molar-refractivity contribution in [2.75, 3.05) is 0 Å². The Labute approximate surface area is 126 Å². The predicted molar refractivity (Wildman–Crippen MR) is 71.8 cm³/mol. The van der Waals surface area contributed by atoms with Crippen LogP contribution in [-0.4, -0.2) is 4.98 Å². The van der Waals surface area contributed by atoms with Crippen molar-refractivity contribution in [1.82, 2.24) is 4.98 Å². The average molecular weight is 418 g/mol. The second kappa shape index (κ2) is 5.99. The molecule has 0 radical (unpaired) electrons. The van der Waals surface area contributed by atoms with Crippen molar-refractivity contribution in [1.29, 1.82) is 0 Å². The van der Waals surface area contributed by atoms with Crippen molar-refractivity contribution in [3.8, 4) is 11.5 Å². The van der Waals surface area contributed by atoms with Crippen molar-refractivity contribution in [3.63, 3.8) is 0 Å². The number of aryl methyl sites for hydroxylation is 1. The smallest absolute Gasteiger partial charge is 0.127 e. The Bertz CT molecular complexity index is 683. The third-order valence-electron chi connectivity index (χ3n) is 2.70. The van der Waals surface area contributed by atoms with Gasteiger partial charge in [0.15, 0.2) is 0 Å². The van der Waals surface area contributed by atoms with Gasteiger partial charge in [-0.15, -0.1) is 10.9 Å². The fourth-order valence-corrected chi connectivity index (χ4v) is 1.85. The van der Waals surface area contributed by atoms with Crippen LogP contribution in [0.1, 0.15) is 5.56 Å². The van der Waals surface area contributed by atoms with Gasteiger partial charge in [-0.3, -0.25) is 0 Å². The third-order valence-corrected chi connectivity index (χ3v) is 2.70. The number of hydrogen-bond donors (Lipinski definition) is 0. The molecule has 94 valence electrons. The van der Waals surface area contributed by atoms with Gasteiger partial charge in [-0.25, -0.2) is 0 Å². The van der Waals surface area contributed by atoms with E-state index in [0.717, 1.165) is 28.0 Å². The Hall–Kier alpha value is -1.66. The van der Waals surface area contributed by atoms with Gasteiger partial charge in [-0.05, 0) is 29.8 Å². The molecule has 2 nitrogen and oxygen atoms in total. The van der Waals surface area contributed by atoms with Gasteiger partial charge in [0.2, 0.25) is 0 Å². The Morgan fingerprint density at radius 3 is 2.53 bits per heavy atom. The van der Waals surface area contributed by atoms with Crippen LogP contribution in [0.5, 0.6) is 11.5 Å². The van der Waals surface area contributed by atoms with Crippen LogP contribution in [0, 0.1) is 13.1 Å². The van der Waals surface area contributed by atoms with Gasteiger partial charge in [0, 0.05) is 21.1 Å². The molecule has 0 bridgehead atoms. The van der Waals surface area contributed by atoms with Crippen LogP contribution < -0.4 is 4.74 Å². The second-order valence-corrected chi connectivity index (χ2v) is 4.19. The van der Waals surface area contributed by atoms with Crippen molar-refractivity contribution < 1.29 is 25.8 Å². The molecule has 3 rings (SSSR count). The average Bonchev–Trinajstić information content (AvgIpc) is 2.39. The largest absolute Gasteiger partial charge is 0.457 e. The summed E-state index contributed by atoms with van der Waals surface area (Å²) in [5.74, 6) is 1.66. The molecule has 1 heterocycles. The van der Waals surface area contributed by atoms with Crippen LogP contribution in [0.4, 0.5) is 0 Å². The van der Waals surface area contributed by atoms with E-state index in [9.17, 15) is 0 Å². The van der Waals surface area contributed by atoms with Gasteiger partial charge < -0.3 is 9.72 Å². The zero-order valence-corrected chi connectivity index (χ0v) is 13.4. The molecular weight excluding hydrogens is 406 g/mol. The van der Waals surface area contributed by atoms with E-state index in [1.807, 2.05) is 55.5 Å². The molecule has 0 amide bonds. The third kappa shape index (κ3) is 3.21. The van der Waals surface area contributed by atoms with Gasteiger partial charge in [0.1, 0.15) is 11.5 Å². The normalized spacial score (nSPS) is 9.95. The first-order chi connectivity index (χ1) is 8.81. The second-order valence-electron chi connectivity index (χ2n) is 4.19. The molecule has 0 aliphatic carbocycles. The van der Waals surface area contributed by atoms with Gasteiger partial charge >= 0.3 is 0 Å². The van der Waals surface area contributed by atoms with Crippen LogP contribution >= 0.6 is 0 Å². The van der Waals surface area contributed by atoms with E-state index in [-0.39, 0.29) is 21.1 Å². The molecule has 3 aromatic rings. The summed E-state index contributed by atoms with van der Waals surface area (Å²) in [5.41, 5.74) is 1.96. The maximum atomic E-state index is 5.79. The maximum absolute atomic E-state index is 5.79. The zero-order chi connectivity index (χ0) is 12.4. The van der Waals surface area contributed by atoms with E-state index in [1.165, 1.54) is 0 Å². The zero-order valence-electron chi connectivity index (χ0n) is 10.5. The van der Waals surface area contributed by atoms with Crippen molar-refractivity contribution in [2.45, 2.75) is 6.92 Å². The number of nitrogens with zero attached hydrogens (tertiary/aromatic N) is 1. The molecule has 3 heteroatoms. The molecule has 0 fully saturated rings. The molecule has 0 saturated carbocycles. The van der Waals surface area contributed by atoms with Crippen LogP contribution in [0.25, 0.3) is 10.9 Å². The number of fused-ring (bicyclic) bond motifs is 1. The SMILES string of the molecule is Cc1[c-]nc2ccc(Oc3ccccc3)cc2c1.[W]. The summed E-state index contributed by atoms with van der Waals surface area (Å²) in [5, 5.41) is 1.07. The van der Waals surface area contributed by atoms with Crippen LogP contribution in [0.2, 0.25) is 0 Å². The van der Waals surface area contributed by atoms with Crippen molar-refractivity contribution in [2.24, 2.45) is 0 Å². The monoisotopic (exact) mass is 418 g/mol. The van der Waals surface area contributed by atoms with Gasteiger partial charge in [-0.2, -0.15) is 6.07 Å². The summed E-state index contributed by atoms with van der Waals surface area (Å²) in [7, 11) is 0. The van der Waals surface area contributed by atoms with E-state index in [0.29, 0.717) is 0 Å². The minimum Gasteiger partial charge on any atom is -0.457 e. The summed E-state index contributed by atoms with van der Waals surface area (Å²) in [6.07, 6.45) is 2.95. The van der Waals surface area contributed by atoms with E-state index < -0.39 is 0 Å². The fraction of sp³-hybridized carbons (Fsp3) is 0.0625. The molecular formula is C16H12NOW-. The number of aromatic nitrogens is 1. The Morgan fingerprint density at radius 1 is 0.947 bits per heavy atom. The number of ether oxygens (including phenoxy) is 1. The molecule has 0 spiro atoms. The first-order valence-electron chi connectivity index (χ1n) is 5.83. The van der Waals surface area contributed by atoms with E-state index in [2.05, 4.69) is 17.2 Å². The molecule has 0 unspecified atom stereocenters. The quantitative estimate of drug-likeness (QED) is 0.584. The Balaban J connectivity index is 0.00000133. The van der Waals surface area contributed by atoms with E-state index in [4.69, 9.17) is 4.74 Å². The molecule has 0 aliphatic rings. The molecule has 1 aromatic heterocycles. The topological polar surface area (TPSA) is 22.1 Å². The van der Waals surface area contributed by atoms with Crippen molar-refractivity contribution >= 4 is 10.9 Å². The fourth-order valence-electron chi connectivity index (χ4n) is 1.85. The molecule has 0 saturated heterocycles. The summed E-state index contributed by atoms with van der Waals surface area (Å²) >= 11 is 0. The summed E-state index contributed by atoms with van der Waals surface area (Å²) < 4.78 is 5.79. The number of benzene rings is 2. The summed E-state index contributed by atoms with van der Waals surface area (Å²) in [4.78, 5) is 4.25. The van der Waals surface area contributed by atoms with Crippen LogP contribution in [0.3, 0.4) is 0 Å². The molecule has 0 N–H and O–H groups in total. The molecule has 0 atom stereocenters. The maximum Gasteiger partial charge on any atom is 0.127 e. The predicted octanol–water partition coefficient (Wildman–Crippen LogP) is 4.13. The summed E-state index contributed by atoms with van der Waals surface area (Å²) in [6.45, 7) is 1.98. The van der Waals surface area contributed by atoms with Gasteiger partial charge in [0.25, 0.3) is 0 Å². The minimum absolute atomic E-state index is 0. The number of hydrogen-bond acceptors (Lipinski definition) is 2. The van der Waals surface area contributed by atoms with Crippen LogP contribution in [-0.2, 0) is 21.1 Å². The van der Waals surface area contributed by atoms with Gasteiger partial charge in [-0.1, -0.05) is 37.4 Å².